The van der Waals surface area contributed by atoms with Crippen LogP contribution in [0.2, 0.25) is 0 Å². The standard InChI is InChI=1S/C11H12FN3O/c1-11(2,12)10-14-7-5-3-4-6(9(13)16)8(7)15-10/h3-5H,1-2H3,(H2,13,16)(H,14,15). The number of rotatable bonds is 2. The van der Waals surface area contributed by atoms with Gasteiger partial charge in [0.2, 0.25) is 0 Å². The first-order valence-electron chi connectivity index (χ1n) is 4.87. The molecule has 0 radical (unpaired) electrons. The zero-order valence-corrected chi connectivity index (χ0v) is 9.04. The highest BCUT2D eigenvalue weighted by atomic mass is 19.1. The average Bonchev–Trinajstić information content (AvgIpc) is 2.59. The molecule has 2 rings (SSSR count). The van der Waals surface area contributed by atoms with Gasteiger partial charge < -0.3 is 10.7 Å². The van der Waals surface area contributed by atoms with E-state index >= 15 is 0 Å². The van der Waals surface area contributed by atoms with Gasteiger partial charge in [-0.15, -0.1) is 0 Å². The first kappa shape index (κ1) is 10.6. The van der Waals surface area contributed by atoms with Gasteiger partial charge >= 0.3 is 0 Å². The summed E-state index contributed by atoms with van der Waals surface area (Å²) >= 11 is 0. The molecule has 0 bridgehead atoms. The normalized spacial score (nSPS) is 11.9. The molecule has 0 unspecified atom stereocenters. The van der Waals surface area contributed by atoms with Gasteiger partial charge in [-0.3, -0.25) is 4.79 Å². The lowest BCUT2D eigenvalue weighted by Gasteiger charge is -2.08. The van der Waals surface area contributed by atoms with Crippen LogP contribution in [0.1, 0.15) is 30.0 Å². The van der Waals surface area contributed by atoms with Crippen LogP contribution in [0.15, 0.2) is 18.2 Å². The maximum atomic E-state index is 13.7. The van der Waals surface area contributed by atoms with Crippen molar-refractivity contribution in [1.29, 1.82) is 0 Å². The smallest absolute Gasteiger partial charge is 0.250 e. The molecular formula is C11H12FN3O. The van der Waals surface area contributed by atoms with Crippen molar-refractivity contribution in [3.63, 3.8) is 0 Å². The van der Waals surface area contributed by atoms with Crippen LogP contribution in [0, 0.1) is 0 Å². The number of halogens is 1. The van der Waals surface area contributed by atoms with Gasteiger partial charge in [0.25, 0.3) is 5.91 Å². The Bertz CT molecular complexity index is 554. The summed E-state index contributed by atoms with van der Waals surface area (Å²) in [5.41, 5.74) is 4.95. The van der Waals surface area contributed by atoms with Crippen LogP contribution < -0.4 is 5.73 Å². The maximum absolute atomic E-state index is 13.7. The fourth-order valence-electron chi connectivity index (χ4n) is 1.51. The molecule has 1 amide bonds. The number of benzene rings is 1. The summed E-state index contributed by atoms with van der Waals surface area (Å²) in [6, 6.07) is 4.97. The summed E-state index contributed by atoms with van der Waals surface area (Å²) in [4.78, 5) is 18.1. The lowest BCUT2D eigenvalue weighted by atomic mass is 10.1. The fourth-order valence-corrected chi connectivity index (χ4v) is 1.51. The predicted molar refractivity (Wildman–Crippen MR) is 58.7 cm³/mol. The lowest BCUT2D eigenvalue weighted by molar-refractivity contribution is 0.100. The number of H-pyrrole nitrogens is 1. The highest BCUT2D eigenvalue weighted by Gasteiger charge is 2.24. The minimum Gasteiger partial charge on any atom is -0.366 e. The SMILES string of the molecule is CC(C)(F)c1nc2c(C(N)=O)cccc2[nH]1. The molecule has 2 aromatic rings. The monoisotopic (exact) mass is 221 g/mol. The number of fused-ring (bicyclic) bond motifs is 1. The first-order chi connectivity index (χ1) is 7.39. The van der Waals surface area contributed by atoms with Gasteiger partial charge in [0, 0.05) is 0 Å². The van der Waals surface area contributed by atoms with E-state index in [1.54, 1.807) is 18.2 Å². The molecule has 0 atom stereocenters. The molecule has 0 aliphatic heterocycles. The van der Waals surface area contributed by atoms with E-state index in [1.165, 1.54) is 13.8 Å². The number of carbonyl (C=O) groups is 1. The highest BCUT2D eigenvalue weighted by molar-refractivity contribution is 6.04. The van der Waals surface area contributed by atoms with Crippen molar-refractivity contribution in [2.75, 3.05) is 0 Å². The Labute approximate surface area is 91.7 Å². The van der Waals surface area contributed by atoms with Crippen molar-refractivity contribution in [3.05, 3.63) is 29.6 Å². The molecule has 4 nitrogen and oxygen atoms in total. The summed E-state index contributed by atoms with van der Waals surface area (Å²) in [5, 5.41) is 0. The van der Waals surface area contributed by atoms with E-state index in [0.29, 0.717) is 16.6 Å². The van der Waals surface area contributed by atoms with E-state index in [0.717, 1.165) is 0 Å². The third-order valence-corrected chi connectivity index (χ3v) is 2.34. The Kier molecular flexibility index (Phi) is 2.18. The number of aromatic amines is 1. The quantitative estimate of drug-likeness (QED) is 0.812. The molecule has 1 aromatic carbocycles. The van der Waals surface area contributed by atoms with Crippen LogP contribution in [0.4, 0.5) is 4.39 Å². The molecule has 0 saturated heterocycles. The van der Waals surface area contributed by atoms with E-state index < -0.39 is 11.6 Å². The molecule has 1 aromatic heterocycles. The second kappa shape index (κ2) is 3.30. The predicted octanol–water partition coefficient (Wildman–Crippen LogP) is 1.87. The number of aromatic nitrogens is 2. The Morgan fingerprint density at radius 2 is 2.19 bits per heavy atom. The van der Waals surface area contributed by atoms with Crippen molar-refractivity contribution in [2.45, 2.75) is 19.5 Å². The zero-order chi connectivity index (χ0) is 11.9. The van der Waals surface area contributed by atoms with E-state index in [4.69, 9.17) is 5.73 Å². The number of alkyl halides is 1. The van der Waals surface area contributed by atoms with Crippen molar-refractivity contribution in [2.24, 2.45) is 5.73 Å². The number of hydrogen-bond acceptors (Lipinski definition) is 2. The van der Waals surface area contributed by atoms with Crippen LogP contribution >= 0.6 is 0 Å². The largest absolute Gasteiger partial charge is 0.366 e. The topological polar surface area (TPSA) is 71.8 Å². The number of amides is 1. The maximum Gasteiger partial charge on any atom is 0.250 e. The van der Waals surface area contributed by atoms with Gasteiger partial charge in [-0.05, 0) is 26.0 Å². The molecule has 0 fully saturated rings. The minimum absolute atomic E-state index is 0.191. The molecular weight excluding hydrogens is 209 g/mol. The number of carbonyl (C=O) groups excluding carboxylic acids is 1. The molecule has 3 N–H and O–H groups in total. The van der Waals surface area contributed by atoms with Crippen LogP contribution in [0.25, 0.3) is 11.0 Å². The second-order valence-corrected chi connectivity index (χ2v) is 4.12. The number of imidazole rings is 1. The molecule has 84 valence electrons. The number of primary amides is 1. The van der Waals surface area contributed by atoms with Gasteiger partial charge in [-0.25, -0.2) is 9.37 Å². The number of nitrogens with two attached hydrogens (primary N) is 1. The highest BCUT2D eigenvalue weighted by Crippen LogP contribution is 2.25. The summed E-state index contributed by atoms with van der Waals surface area (Å²) in [5.74, 6) is -0.378. The van der Waals surface area contributed by atoms with E-state index in [1.807, 2.05) is 0 Å². The van der Waals surface area contributed by atoms with Gasteiger partial charge in [0.1, 0.15) is 11.3 Å². The molecule has 0 spiro atoms. The molecule has 0 aliphatic carbocycles. The lowest BCUT2D eigenvalue weighted by Crippen LogP contribution is -2.12. The summed E-state index contributed by atoms with van der Waals surface area (Å²) in [7, 11) is 0. The van der Waals surface area contributed by atoms with Gasteiger partial charge in [0.05, 0.1) is 11.1 Å². The molecule has 0 aliphatic rings. The van der Waals surface area contributed by atoms with Crippen LogP contribution in [0.5, 0.6) is 0 Å². The summed E-state index contributed by atoms with van der Waals surface area (Å²) in [6.07, 6.45) is 0. The first-order valence-corrected chi connectivity index (χ1v) is 4.87. The van der Waals surface area contributed by atoms with Crippen molar-refractivity contribution < 1.29 is 9.18 Å². The third-order valence-electron chi connectivity index (χ3n) is 2.34. The summed E-state index contributed by atoms with van der Waals surface area (Å²) < 4.78 is 13.7. The molecule has 16 heavy (non-hydrogen) atoms. The Morgan fingerprint density at radius 3 is 2.75 bits per heavy atom. The minimum atomic E-state index is -1.58. The van der Waals surface area contributed by atoms with Gasteiger partial charge in [-0.2, -0.15) is 0 Å². The van der Waals surface area contributed by atoms with E-state index in [2.05, 4.69) is 9.97 Å². The Morgan fingerprint density at radius 1 is 1.50 bits per heavy atom. The van der Waals surface area contributed by atoms with E-state index in [9.17, 15) is 9.18 Å². The van der Waals surface area contributed by atoms with Crippen molar-refractivity contribution in [1.82, 2.24) is 9.97 Å². The molecule has 5 heteroatoms. The van der Waals surface area contributed by atoms with Crippen molar-refractivity contribution >= 4 is 16.9 Å². The van der Waals surface area contributed by atoms with Crippen LogP contribution in [-0.2, 0) is 5.67 Å². The van der Waals surface area contributed by atoms with Crippen LogP contribution in [0.3, 0.4) is 0 Å². The van der Waals surface area contributed by atoms with Crippen LogP contribution in [-0.4, -0.2) is 15.9 Å². The van der Waals surface area contributed by atoms with Crippen molar-refractivity contribution in [3.8, 4) is 0 Å². The summed E-state index contributed by atoms with van der Waals surface area (Å²) in [6.45, 7) is 2.79. The van der Waals surface area contributed by atoms with Gasteiger partial charge in [-0.1, -0.05) is 6.07 Å². The number of nitrogens with zero attached hydrogens (tertiary/aromatic N) is 1. The van der Waals surface area contributed by atoms with E-state index in [-0.39, 0.29) is 5.82 Å². The fraction of sp³-hybridized carbons (Fsp3) is 0.273. The Hall–Kier alpha value is -1.91. The third kappa shape index (κ3) is 1.64. The average molecular weight is 221 g/mol. The Balaban J connectivity index is 2.71. The number of hydrogen-bond donors (Lipinski definition) is 2. The number of nitrogens with one attached hydrogen (secondary N) is 1. The molecule has 1 heterocycles. The van der Waals surface area contributed by atoms with Gasteiger partial charge in [0.15, 0.2) is 5.67 Å². The zero-order valence-electron chi connectivity index (χ0n) is 9.04. The molecule has 0 saturated carbocycles. The number of para-hydroxylation sites is 1. The second-order valence-electron chi connectivity index (χ2n) is 4.12.